The maximum absolute atomic E-state index is 11.5. The number of nitrogens with zero attached hydrogens (tertiary/aromatic N) is 4. The maximum Gasteiger partial charge on any atom is 0.223 e. The molecule has 0 atom stereocenters. The number of halogens is 1. The van der Waals surface area contributed by atoms with Gasteiger partial charge in [0.1, 0.15) is 11.0 Å². The Hall–Kier alpha value is -1.12. The molecule has 1 fully saturated rings. The SMILES string of the molecule is CS(=O)(=O)N1CCCN(c2cc(Cl)nc(N)n2)CC1. The van der Waals surface area contributed by atoms with Gasteiger partial charge in [-0.05, 0) is 6.42 Å². The molecule has 2 rings (SSSR count). The molecule has 0 amide bonds. The van der Waals surface area contributed by atoms with E-state index in [2.05, 4.69) is 9.97 Å². The summed E-state index contributed by atoms with van der Waals surface area (Å²) in [6.45, 7) is 2.21. The van der Waals surface area contributed by atoms with Gasteiger partial charge in [0.15, 0.2) is 0 Å². The van der Waals surface area contributed by atoms with Gasteiger partial charge in [0, 0.05) is 32.2 Å². The summed E-state index contributed by atoms with van der Waals surface area (Å²) in [5.74, 6) is 0.750. The maximum atomic E-state index is 11.5. The Morgan fingerprint density at radius 3 is 2.63 bits per heavy atom. The van der Waals surface area contributed by atoms with E-state index in [-0.39, 0.29) is 11.1 Å². The summed E-state index contributed by atoms with van der Waals surface area (Å²) in [5.41, 5.74) is 5.56. The lowest BCUT2D eigenvalue weighted by atomic mass is 10.4. The van der Waals surface area contributed by atoms with Gasteiger partial charge in [0.25, 0.3) is 0 Å². The molecule has 0 aromatic carbocycles. The van der Waals surface area contributed by atoms with Crippen molar-refractivity contribution in [1.82, 2.24) is 14.3 Å². The normalized spacial score (nSPS) is 18.3. The van der Waals surface area contributed by atoms with Crippen molar-refractivity contribution in [3.8, 4) is 0 Å². The average Bonchev–Trinajstić information content (AvgIpc) is 2.52. The van der Waals surface area contributed by atoms with E-state index >= 15 is 0 Å². The zero-order valence-electron chi connectivity index (χ0n) is 10.6. The first kappa shape index (κ1) is 14.3. The Bertz CT molecular complexity index is 545. The van der Waals surface area contributed by atoms with Gasteiger partial charge in [0.2, 0.25) is 16.0 Å². The standard InChI is InChI=1S/C10H16ClN5O2S/c1-19(17,18)16-4-2-3-15(5-6-16)9-7-8(11)13-10(12)14-9/h7H,2-6H2,1H3,(H2,12,13,14). The van der Waals surface area contributed by atoms with Crippen LogP contribution < -0.4 is 10.6 Å². The number of anilines is 2. The number of hydrogen-bond donors (Lipinski definition) is 1. The molecular formula is C10H16ClN5O2S. The van der Waals surface area contributed by atoms with Crippen LogP contribution in [0.2, 0.25) is 5.15 Å². The molecular weight excluding hydrogens is 290 g/mol. The van der Waals surface area contributed by atoms with Crippen LogP contribution in [0.5, 0.6) is 0 Å². The second-order valence-electron chi connectivity index (χ2n) is 4.41. The van der Waals surface area contributed by atoms with Crippen LogP contribution in [-0.2, 0) is 10.0 Å². The molecule has 0 radical (unpaired) electrons. The van der Waals surface area contributed by atoms with Gasteiger partial charge in [0.05, 0.1) is 6.26 Å². The van der Waals surface area contributed by atoms with Crippen molar-refractivity contribution < 1.29 is 8.42 Å². The third-order valence-corrected chi connectivity index (χ3v) is 4.44. The first-order chi connectivity index (χ1) is 8.86. The third kappa shape index (κ3) is 3.68. The summed E-state index contributed by atoms with van der Waals surface area (Å²) in [4.78, 5) is 9.90. The van der Waals surface area contributed by atoms with Crippen molar-refractivity contribution in [2.45, 2.75) is 6.42 Å². The zero-order valence-corrected chi connectivity index (χ0v) is 12.2. The molecule has 7 nitrogen and oxygen atoms in total. The van der Waals surface area contributed by atoms with Crippen LogP contribution in [0.4, 0.5) is 11.8 Å². The molecule has 0 unspecified atom stereocenters. The predicted octanol–water partition coefficient (Wildman–Crippen LogP) is 0.184. The van der Waals surface area contributed by atoms with E-state index in [1.54, 1.807) is 6.07 Å². The molecule has 106 valence electrons. The largest absolute Gasteiger partial charge is 0.368 e. The molecule has 0 aliphatic carbocycles. The van der Waals surface area contributed by atoms with E-state index in [9.17, 15) is 8.42 Å². The van der Waals surface area contributed by atoms with Crippen molar-refractivity contribution in [1.29, 1.82) is 0 Å². The fourth-order valence-corrected chi connectivity index (χ4v) is 3.10. The molecule has 0 saturated carbocycles. The van der Waals surface area contributed by atoms with Crippen molar-refractivity contribution in [2.24, 2.45) is 0 Å². The fraction of sp³-hybridized carbons (Fsp3) is 0.600. The Kier molecular flexibility index (Phi) is 4.12. The van der Waals surface area contributed by atoms with E-state index < -0.39 is 10.0 Å². The summed E-state index contributed by atoms with van der Waals surface area (Å²) in [5, 5.41) is 0.284. The van der Waals surface area contributed by atoms with E-state index in [1.165, 1.54) is 10.6 Å². The summed E-state index contributed by atoms with van der Waals surface area (Å²) >= 11 is 5.85. The zero-order chi connectivity index (χ0) is 14.0. The second kappa shape index (κ2) is 5.48. The molecule has 1 aliphatic rings. The lowest BCUT2D eigenvalue weighted by molar-refractivity contribution is 0.437. The number of sulfonamides is 1. The monoisotopic (exact) mass is 305 g/mol. The van der Waals surface area contributed by atoms with Crippen molar-refractivity contribution >= 4 is 33.4 Å². The highest BCUT2D eigenvalue weighted by Gasteiger charge is 2.22. The number of nitrogen functional groups attached to an aromatic ring is 1. The Morgan fingerprint density at radius 1 is 1.26 bits per heavy atom. The van der Waals surface area contributed by atoms with Crippen LogP contribution >= 0.6 is 11.6 Å². The van der Waals surface area contributed by atoms with Crippen LogP contribution in [0.25, 0.3) is 0 Å². The van der Waals surface area contributed by atoms with E-state index in [0.717, 1.165) is 6.42 Å². The second-order valence-corrected chi connectivity index (χ2v) is 6.78. The number of rotatable bonds is 2. The molecule has 0 bridgehead atoms. The van der Waals surface area contributed by atoms with Crippen molar-refractivity contribution in [3.05, 3.63) is 11.2 Å². The van der Waals surface area contributed by atoms with Crippen LogP contribution in [0.1, 0.15) is 6.42 Å². The van der Waals surface area contributed by atoms with E-state index in [1.807, 2.05) is 4.90 Å². The lowest BCUT2D eigenvalue weighted by Gasteiger charge is -2.22. The molecule has 2 heterocycles. The smallest absolute Gasteiger partial charge is 0.223 e. The first-order valence-electron chi connectivity index (χ1n) is 5.86. The quantitative estimate of drug-likeness (QED) is 0.784. The molecule has 19 heavy (non-hydrogen) atoms. The average molecular weight is 306 g/mol. The van der Waals surface area contributed by atoms with Gasteiger partial charge in [-0.15, -0.1) is 0 Å². The Morgan fingerprint density at radius 2 is 2.00 bits per heavy atom. The number of nitrogens with two attached hydrogens (primary N) is 1. The summed E-state index contributed by atoms with van der Waals surface area (Å²) < 4.78 is 24.5. The van der Waals surface area contributed by atoms with Crippen LogP contribution in [-0.4, -0.2) is 55.1 Å². The predicted molar refractivity (Wildman–Crippen MR) is 74.7 cm³/mol. The highest BCUT2D eigenvalue weighted by atomic mass is 35.5. The van der Waals surface area contributed by atoms with E-state index in [0.29, 0.717) is 32.0 Å². The third-order valence-electron chi connectivity index (χ3n) is 2.95. The Balaban J connectivity index is 2.15. The van der Waals surface area contributed by atoms with Gasteiger partial charge in [-0.1, -0.05) is 11.6 Å². The van der Waals surface area contributed by atoms with Crippen LogP contribution in [0.3, 0.4) is 0 Å². The van der Waals surface area contributed by atoms with Gasteiger partial charge < -0.3 is 10.6 Å². The van der Waals surface area contributed by atoms with Crippen LogP contribution in [0.15, 0.2) is 6.07 Å². The van der Waals surface area contributed by atoms with Crippen LogP contribution in [0, 0.1) is 0 Å². The molecule has 1 aromatic heterocycles. The van der Waals surface area contributed by atoms with Crippen molar-refractivity contribution in [2.75, 3.05) is 43.1 Å². The minimum atomic E-state index is -3.15. The van der Waals surface area contributed by atoms with Crippen molar-refractivity contribution in [3.63, 3.8) is 0 Å². The number of aromatic nitrogens is 2. The van der Waals surface area contributed by atoms with Gasteiger partial charge in [-0.3, -0.25) is 0 Å². The highest BCUT2D eigenvalue weighted by Crippen LogP contribution is 2.19. The van der Waals surface area contributed by atoms with Gasteiger partial charge in [-0.25, -0.2) is 17.7 Å². The summed E-state index contributed by atoms with van der Waals surface area (Å²) in [6, 6.07) is 1.63. The molecule has 0 spiro atoms. The highest BCUT2D eigenvalue weighted by molar-refractivity contribution is 7.88. The fourth-order valence-electron chi connectivity index (χ4n) is 2.04. The van der Waals surface area contributed by atoms with E-state index in [4.69, 9.17) is 17.3 Å². The first-order valence-corrected chi connectivity index (χ1v) is 8.09. The minimum absolute atomic E-state index is 0.117. The topological polar surface area (TPSA) is 92.4 Å². The molecule has 1 aliphatic heterocycles. The molecule has 1 aromatic rings. The summed E-state index contributed by atoms with van der Waals surface area (Å²) in [6.07, 6.45) is 1.96. The summed E-state index contributed by atoms with van der Waals surface area (Å²) in [7, 11) is -3.15. The minimum Gasteiger partial charge on any atom is -0.368 e. The lowest BCUT2D eigenvalue weighted by Crippen LogP contribution is -2.34. The molecule has 9 heteroatoms. The molecule has 2 N–H and O–H groups in total. The van der Waals surface area contributed by atoms with Gasteiger partial charge >= 0.3 is 0 Å². The number of hydrogen-bond acceptors (Lipinski definition) is 6. The molecule has 1 saturated heterocycles. The Labute approximate surface area is 117 Å². The van der Waals surface area contributed by atoms with Gasteiger partial charge in [-0.2, -0.15) is 4.98 Å².